The summed E-state index contributed by atoms with van der Waals surface area (Å²) in [6.07, 6.45) is 1.52. The third-order valence-electron chi connectivity index (χ3n) is 1.80. The van der Waals surface area contributed by atoms with Gasteiger partial charge in [0.2, 0.25) is 5.91 Å². The number of anilines is 2. The highest BCUT2D eigenvalue weighted by atomic mass is 16.1. The molecule has 1 rings (SSSR count). The molecule has 0 spiro atoms. The number of pyridine rings is 1. The van der Waals surface area contributed by atoms with Crippen molar-refractivity contribution in [2.24, 2.45) is 0 Å². The molecule has 0 aliphatic carbocycles. The lowest BCUT2D eigenvalue weighted by atomic mass is 10.3. The number of hydrogen-bond acceptors (Lipinski definition) is 3. The van der Waals surface area contributed by atoms with Gasteiger partial charge >= 0.3 is 0 Å². The van der Waals surface area contributed by atoms with Gasteiger partial charge in [-0.25, -0.2) is 4.98 Å². The third-order valence-corrected chi connectivity index (χ3v) is 1.80. The Balaban J connectivity index is 2.78. The zero-order valence-corrected chi connectivity index (χ0v) is 9.16. The van der Waals surface area contributed by atoms with E-state index in [0.29, 0.717) is 17.2 Å². The van der Waals surface area contributed by atoms with Crippen LogP contribution in [0.1, 0.15) is 19.5 Å². The summed E-state index contributed by atoms with van der Waals surface area (Å²) < 4.78 is 0. The number of amides is 1. The van der Waals surface area contributed by atoms with Crippen LogP contribution in [0.4, 0.5) is 11.5 Å². The zero-order chi connectivity index (χ0) is 11.4. The maximum Gasteiger partial charge on any atom is 0.249 e. The number of nitrogen functional groups attached to an aromatic ring is 1. The second kappa shape index (κ2) is 4.59. The highest BCUT2D eigenvalue weighted by molar-refractivity contribution is 5.99. The molecular weight excluding hydrogens is 190 g/mol. The molecule has 0 saturated carbocycles. The van der Waals surface area contributed by atoms with Gasteiger partial charge in [-0.3, -0.25) is 4.79 Å². The van der Waals surface area contributed by atoms with Gasteiger partial charge in [0.1, 0.15) is 5.82 Å². The van der Waals surface area contributed by atoms with Crippen LogP contribution in [-0.4, -0.2) is 10.9 Å². The lowest BCUT2D eigenvalue weighted by molar-refractivity contribution is -0.112. The third kappa shape index (κ3) is 3.42. The van der Waals surface area contributed by atoms with Crippen LogP contribution >= 0.6 is 0 Å². The molecule has 1 amide bonds. The Hall–Kier alpha value is -1.84. The molecule has 4 nitrogen and oxygen atoms in total. The molecule has 1 aromatic heterocycles. The standard InChI is InChI=1S/C11H15N3O/c1-7(2)6-11(15)14-10-5-4-9(12)8(3)13-10/h4-6H,12H2,1-3H3,(H,13,14,15). The average Bonchev–Trinajstić information content (AvgIpc) is 2.10. The van der Waals surface area contributed by atoms with Crippen molar-refractivity contribution in [1.82, 2.24) is 4.98 Å². The van der Waals surface area contributed by atoms with E-state index < -0.39 is 0 Å². The topological polar surface area (TPSA) is 68.0 Å². The van der Waals surface area contributed by atoms with Crippen LogP contribution in [0.15, 0.2) is 23.8 Å². The maximum atomic E-state index is 11.4. The van der Waals surface area contributed by atoms with Gasteiger partial charge in [0.25, 0.3) is 0 Å². The molecule has 0 atom stereocenters. The molecule has 3 N–H and O–H groups in total. The Kier molecular flexibility index (Phi) is 3.44. The van der Waals surface area contributed by atoms with Crippen molar-refractivity contribution in [3.63, 3.8) is 0 Å². The molecule has 0 saturated heterocycles. The van der Waals surface area contributed by atoms with Gasteiger partial charge in [-0.2, -0.15) is 0 Å². The van der Waals surface area contributed by atoms with Crippen LogP contribution in [0.2, 0.25) is 0 Å². The number of hydrogen-bond donors (Lipinski definition) is 2. The van der Waals surface area contributed by atoms with Crippen molar-refractivity contribution in [3.8, 4) is 0 Å². The van der Waals surface area contributed by atoms with Crippen LogP contribution < -0.4 is 11.1 Å². The number of nitrogens with one attached hydrogen (secondary N) is 1. The summed E-state index contributed by atoms with van der Waals surface area (Å²) >= 11 is 0. The van der Waals surface area contributed by atoms with E-state index in [1.54, 1.807) is 19.1 Å². The first kappa shape index (κ1) is 11.2. The number of nitrogens with zero attached hydrogens (tertiary/aromatic N) is 1. The minimum atomic E-state index is -0.174. The van der Waals surface area contributed by atoms with Crippen molar-refractivity contribution in [2.75, 3.05) is 11.1 Å². The van der Waals surface area contributed by atoms with Crippen LogP contribution in [0.25, 0.3) is 0 Å². The summed E-state index contributed by atoms with van der Waals surface area (Å²) in [7, 11) is 0. The monoisotopic (exact) mass is 205 g/mol. The van der Waals surface area contributed by atoms with E-state index in [0.717, 1.165) is 5.57 Å². The van der Waals surface area contributed by atoms with E-state index in [9.17, 15) is 4.79 Å². The molecule has 0 aliphatic rings. The first-order valence-corrected chi connectivity index (χ1v) is 4.68. The summed E-state index contributed by atoms with van der Waals surface area (Å²) in [5.41, 5.74) is 7.89. The van der Waals surface area contributed by atoms with Crippen molar-refractivity contribution >= 4 is 17.4 Å². The average molecular weight is 205 g/mol. The van der Waals surface area contributed by atoms with Crippen LogP contribution in [0.5, 0.6) is 0 Å². The number of rotatable bonds is 2. The van der Waals surface area contributed by atoms with Crippen molar-refractivity contribution < 1.29 is 4.79 Å². The van der Waals surface area contributed by atoms with Gasteiger partial charge in [-0.1, -0.05) is 5.57 Å². The van der Waals surface area contributed by atoms with Crippen molar-refractivity contribution in [1.29, 1.82) is 0 Å². The Morgan fingerprint density at radius 3 is 2.67 bits per heavy atom. The van der Waals surface area contributed by atoms with E-state index in [1.807, 2.05) is 13.8 Å². The number of aryl methyl sites for hydroxylation is 1. The summed E-state index contributed by atoms with van der Waals surface area (Å²) in [5, 5.41) is 2.66. The molecule has 15 heavy (non-hydrogen) atoms. The number of carbonyl (C=O) groups excluding carboxylic acids is 1. The predicted molar refractivity (Wildman–Crippen MR) is 61.4 cm³/mol. The van der Waals surface area contributed by atoms with Gasteiger partial charge in [0.15, 0.2) is 0 Å². The molecule has 0 aromatic carbocycles. The molecule has 0 fully saturated rings. The minimum absolute atomic E-state index is 0.174. The molecule has 80 valence electrons. The SMILES string of the molecule is CC(C)=CC(=O)Nc1ccc(N)c(C)n1. The summed E-state index contributed by atoms with van der Waals surface area (Å²) in [6.45, 7) is 5.52. The summed E-state index contributed by atoms with van der Waals surface area (Å²) in [5.74, 6) is 0.343. The Morgan fingerprint density at radius 2 is 2.13 bits per heavy atom. The van der Waals surface area contributed by atoms with E-state index in [1.165, 1.54) is 6.08 Å². The number of allylic oxidation sites excluding steroid dienone is 1. The summed E-state index contributed by atoms with van der Waals surface area (Å²) in [6, 6.07) is 3.40. The van der Waals surface area contributed by atoms with E-state index in [2.05, 4.69) is 10.3 Å². The molecular formula is C11H15N3O. The molecule has 4 heteroatoms. The van der Waals surface area contributed by atoms with E-state index >= 15 is 0 Å². The fourth-order valence-corrected chi connectivity index (χ4v) is 1.07. The predicted octanol–water partition coefficient (Wildman–Crippen LogP) is 1.88. The van der Waals surface area contributed by atoms with E-state index in [-0.39, 0.29) is 5.91 Å². The van der Waals surface area contributed by atoms with Crippen molar-refractivity contribution in [3.05, 3.63) is 29.5 Å². The van der Waals surface area contributed by atoms with Gasteiger partial charge in [0, 0.05) is 6.08 Å². The van der Waals surface area contributed by atoms with Gasteiger partial charge in [-0.05, 0) is 32.9 Å². The second-order valence-corrected chi connectivity index (χ2v) is 3.58. The number of nitrogens with two attached hydrogens (primary N) is 1. The second-order valence-electron chi connectivity index (χ2n) is 3.58. The van der Waals surface area contributed by atoms with Gasteiger partial charge in [-0.15, -0.1) is 0 Å². The molecule has 0 bridgehead atoms. The molecule has 1 aromatic rings. The Morgan fingerprint density at radius 1 is 1.47 bits per heavy atom. The normalized spacial score (nSPS) is 9.53. The minimum Gasteiger partial charge on any atom is -0.397 e. The van der Waals surface area contributed by atoms with E-state index in [4.69, 9.17) is 5.73 Å². The molecule has 0 unspecified atom stereocenters. The van der Waals surface area contributed by atoms with Gasteiger partial charge in [0.05, 0.1) is 11.4 Å². The first-order valence-electron chi connectivity index (χ1n) is 4.68. The van der Waals surface area contributed by atoms with Crippen LogP contribution in [0.3, 0.4) is 0 Å². The quantitative estimate of drug-likeness (QED) is 0.724. The van der Waals surface area contributed by atoms with Crippen LogP contribution in [-0.2, 0) is 4.79 Å². The highest BCUT2D eigenvalue weighted by Crippen LogP contribution is 2.11. The molecule has 0 radical (unpaired) electrons. The fraction of sp³-hybridized carbons (Fsp3) is 0.273. The lowest BCUT2D eigenvalue weighted by Gasteiger charge is -2.04. The van der Waals surface area contributed by atoms with Crippen molar-refractivity contribution in [2.45, 2.75) is 20.8 Å². The smallest absolute Gasteiger partial charge is 0.249 e. The largest absolute Gasteiger partial charge is 0.397 e. The Labute approximate surface area is 89.2 Å². The van der Waals surface area contributed by atoms with Crippen LogP contribution in [0, 0.1) is 6.92 Å². The number of aromatic nitrogens is 1. The highest BCUT2D eigenvalue weighted by Gasteiger charge is 2.01. The summed E-state index contributed by atoms with van der Waals surface area (Å²) in [4.78, 5) is 15.5. The first-order chi connectivity index (χ1) is 6.99. The lowest BCUT2D eigenvalue weighted by Crippen LogP contribution is -2.10. The van der Waals surface area contributed by atoms with Gasteiger partial charge < -0.3 is 11.1 Å². The zero-order valence-electron chi connectivity index (χ0n) is 9.16. The molecule has 1 heterocycles. The maximum absolute atomic E-state index is 11.4. The number of carbonyl (C=O) groups is 1. The Bertz CT molecular complexity index is 406. The fourth-order valence-electron chi connectivity index (χ4n) is 1.07. The molecule has 0 aliphatic heterocycles.